The second-order valence-corrected chi connectivity index (χ2v) is 5.46. The van der Waals surface area contributed by atoms with Gasteiger partial charge in [-0.3, -0.25) is 0 Å². The summed E-state index contributed by atoms with van der Waals surface area (Å²) in [4.78, 5) is 2.68. The average Bonchev–Trinajstić information content (AvgIpc) is 2.27. The summed E-state index contributed by atoms with van der Waals surface area (Å²) in [6.07, 6.45) is 5.23. The molecule has 1 aliphatic rings. The van der Waals surface area contributed by atoms with Crippen LogP contribution in [0.3, 0.4) is 0 Å². The molecule has 1 fully saturated rings. The molecule has 0 aliphatic carbocycles. The summed E-state index contributed by atoms with van der Waals surface area (Å²) in [6, 6.07) is 1.53. The SMILES string of the molecule is CCCNC1CCN(C(C)CCC)CC1C. The molecular weight excluding hydrogens is 196 g/mol. The molecule has 0 aromatic heterocycles. The highest BCUT2D eigenvalue weighted by molar-refractivity contribution is 4.84. The minimum Gasteiger partial charge on any atom is -0.314 e. The predicted octanol–water partition coefficient (Wildman–Crippen LogP) is 2.89. The first-order valence-corrected chi connectivity index (χ1v) is 7.16. The van der Waals surface area contributed by atoms with Gasteiger partial charge in [0.2, 0.25) is 0 Å². The maximum atomic E-state index is 3.69. The molecule has 0 aromatic rings. The fourth-order valence-corrected chi connectivity index (χ4v) is 2.81. The Morgan fingerprint density at radius 1 is 1.31 bits per heavy atom. The summed E-state index contributed by atoms with van der Waals surface area (Å²) in [6.45, 7) is 13.1. The molecule has 0 aromatic carbocycles. The van der Waals surface area contributed by atoms with Gasteiger partial charge in [-0.05, 0) is 45.2 Å². The van der Waals surface area contributed by atoms with Gasteiger partial charge in [0.15, 0.2) is 0 Å². The lowest BCUT2D eigenvalue weighted by Crippen LogP contribution is -2.50. The van der Waals surface area contributed by atoms with E-state index in [0.717, 1.165) is 18.0 Å². The van der Waals surface area contributed by atoms with Crippen LogP contribution >= 0.6 is 0 Å². The molecule has 1 rings (SSSR count). The van der Waals surface area contributed by atoms with E-state index in [0.29, 0.717) is 0 Å². The summed E-state index contributed by atoms with van der Waals surface area (Å²) in [7, 11) is 0. The van der Waals surface area contributed by atoms with Gasteiger partial charge in [-0.25, -0.2) is 0 Å². The molecule has 1 N–H and O–H groups in total. The zero-order chi connectivity index (χ0) is 12.0. The quantitative estimate of drug-likeness (QED) is 0.749. The lowest BCUT2D eigenvalue weighted by Gasteiger charge is -2.40. The van der Waals surface area contributed by atoms with E-state index >= 15 is 0 Å². The summed E-state index contributed by atoms with van der Waals surface area (Å²) in [5.41, 5.74) is 0. The molecule has 96 valence electrons. The first kappa shape index (κ1) is 14.0. The topological polar surface area (TPSA) is 15.3 Å². The van der Waals surface area contributed by atoms with Crippen molar-refractivity contribution in [2.24, 2.45) is 5.92 Å². The summed E-state index contributed by atoms with van der Waals surface area (Å²) < 4.78 is 0. The smallest absolute Gasteiger partial charge is 0.0117 e. The molecule has 0 saturated carbocycles. The molecule has 16 heavy (non-hydrogen) atoms. The Morgan fingerprint density at radius 2 is 2.06 bits per heavy atom. The Morgan fingerprint density at radius 3 is 2.62 bits per heavy atom. The Balaban J connectivity index is 2.32. The van der Waals surface area contributed by atoms with Gasteiger partial charge in [-0.1, -0.05) is 27.2 Å². The van der Waals surface area contributed by atoms with Crippen molar-refractivity contribution < 1.29 is 0 Å². The second kappa shape index (κ2) is 7.29. The molecule has 0 radical (unpaired) electrons. The lowest BCUT2D eigenvalue weighted by molar-refractivity contribution is 0.106. The Labute approximate surface area is 102 Å². The van der Waals surface area contributed by atoms with E-state index in [9.17, 15) is 0 Å². The molecule has 2 nitrogen and oxygen atoms in total. The minimum absolute atomic E-state index is 0.755. The maximum Gasteiger partial charge on any atom is 0.0117 e. The summed E-state index contributed by atoms with van der Waals surface area (Å²) >= 11 is 0. The number of hydrogen-bond donors (Lipinski definition) is 1. The van der Waals surface area contributed by atoms with Gasteiger partial charge in [0.1, 0.15) is 0 Å². The van der Waals surface area contributed by atoms with Crippen LogP contribution in [0.15, 0.2) is 0 Å². The van der Waals surface area contributed by atoms with E-state index in [-0.39, 0.29) is 0 Å². The van der Waals surface area contributed by atoms with Crippen LogP contribution < -0.4 is 5.32 Å². The zero-order valence-corrected chi connectivity index (χ0v) is 11.6. The number of rotatable bonds is 6. The summed E-state index contributed by atoms with van der Waals surface area (Å²) in [5, 5.41) is 3.69. The van der Waals surface area contributed by atoms with Crippen LogP contribution in [-0.4, -0.2) is 36.6 Å². The van der Waals surface area contributed by atoms with Gasteiger partial charge >= 0.3 is 0 Å². The van der Waals surface area contributed by atoms with Gasteiger partial charge in [0, 0.05) is 18.6 Å². The first-order chi connectivity index (χ1) is 7.69. The van der Waals surface area contributed by atoms with Gasteiger partial charge in [0.05, 0.1) is 0 Å². The van der Waals surface area contributed by atoms with Gasteiger partial charge in [-0.15, -0.1) is 0 Å². The molecule has 0 bridgehead atoms. The standard InChI is InChI=1S/C14H30N2/c1-5-7-13(4)16-10-8-14(12(3)11-16)15-9-6-2/h12-15H,5-11H2,1-4H3. The van der Waals surface area contributed by atoms with E-state index in [1.54, 1.807) is 0 Å². The maximum absolute atomic E-state index is 3.69. The van der Waals surface area contributed by atoms with Crippen LogP contribution in [0, 0.1) is 5.92 Å². The van der Waals surface area contributed by atoms with Crippen molar-refractivity contribution >= 4 is 0 Å². The van der Waals surface area contributed by atoms with Crippen LogP contribution in [0.25, 0.3) is 0 Å². The van der Waals surface area contributed by atoms with Crippen LogP contribution in [0.1, 0.15) is 53.4 Å². The monoisotopic (exact) mass is 226 g/mol. The van der Waals surface area contributed by atoms with Crippen molar-refractivity contribution in [1.29, 1.82) is 0 Å². The largest absolute Gasteiger partial charge is 0.314 e. The fourth-order valence-electron chi connectivity index (χ4n) is 2.81. The zero-order valence-electron chi connectivity index (χ0n) is 11.6. The van der Waals surface area contributed by atoms with Crippen LogP contribution in [0.4, 0.5) is 0 Å². The third kappa shape index (κ3) is 4.06. The molecule has 1 heterocycles. The number of likely N-dealkylation sites (tertiary alicyclic amines) is 1. The summed E-state index contributed by atoms with van der Waals surface area (Å²) in [5.74, 6) is 0.805. The van der Waals surface area contributed by atoms with E-state index in [4.69, 9.17) is 0 Å². The third-order valence-corrected chi connectivity index (χ3v) is 3.92. The van der Waals surface area contributed by atoms with E-state index < -0.39 is 0 Å². The van der Waals surface area contributed by atoms with Crippen molar-refractivity contribution in [1.82, 2.24) is 10.2 Å². The van der Waals surface area contributed by atoms with Gasteiger partial charge in [0.25, 0.3) is 0 Å². The third-order valence-electron chi connectivity index (χ3n) is 3.92. The van der Waals surface area contributed by atoms with Crippen LogP contribution in [0.5, 0.6) is 0 Å². The minimum atomic E-state index is 0.755. The number of nitrogens with one attached hydrogen (secondary N) is 1. The van der Waals surface area contributed by atoms with Gasteiger partial charge in [-0.2, -0.15) is 0 Å². The van der Waals surface area contributed by atoms with E-state index in [1.807, 2.05) is 0 Å². The van der Waals surface area contributed by atoms with Crippen molar-refractivity contribution in [3.8, 4) is 0 Å². The molecule has 0 amide bonds. The molecule has 3 atom stereocenters. The molecule has 2 heteroatoms. The lowest BCUT2D eigenvalue weighted by atomic mass is 9.92. The van der Waals surface area contributed by atoms with Crippen LogP contribution in [-0.2, 0) is 0 Å². The van der Waals surface area contributed by atoms with E-state index in [2.05, 4.69) is 37.9 Å². The van der Waals surface area contributed by atoms with Gasteiger partial charge < -0.3 is 10.2 Å². The molecular formula is C14H30N2. The first-order valence-electron chi connectivity index (χ1n) is 7.16. The van der Waals surface area contributed by atoms with Crippen molar-refractivity contribution in [2.75, 3.05) is 19.6 Å². The normalized spacial score (nSPS) is 29.2. The highest BCUT2D eigenvalue weighted by Crippen LogP contribution is 2.20. The second-order valence-electron chi connectivity index (χ2n) is 5.46. The Hall–Kier alpha value is -0.0800. The Bertz CT molecular complexity index is 182. The number of nitrogens with zero attached hydrogens (tertiary/aromatic N) is 1. The Kier molecular flexibility index (Phi) is 6.37. The number of piperidine rings is 1. The van der Waals surface area contributed by atoms with Crippen LogP contribution in [0.2, 0.25) is 0 Å². The van der Waals surface area contributed by atoms with Crippen molar-refractivity contribution in [3.05, 3.63) is 0 Å². The predicted molar refractivity (Wildman–Crippen MR) is 71.8 cm³/mol. The van der Waals surface area contributed by atoms with Crippen molar-refractivity contribution in [2.45, 2.75) is 65.5 Å². The molecule has 0 spiro atoms. The van der Waals surface area contributed by atoms with E-state index in [1.165, 1.54) is 45.3 Å². The molecule has 1 saturated heterocycles. The molecule has 1 aliphatic heterocycles. The number of hydrogen-bond acceptors (Lipinski definition) is 2. The average molecular weight is 226 g/mol. The highest BCUT2D eigenvalue weighted by atomic mass is 15.2. The fraction of sp³-hybridized carbons (Fsp3) is 1.00. The molecule has 3 unspecified atom stereocenters. The van der Waals surface area contributed by atoms with Crippen molar-refractivity contribution in [3.63, 3.8) is 0 Å². The highest BCUT2D eigenvalue weighted by Gasteiger charge is 2.27.